The van der Waals surface area contributed by atoms with Gasteiger partial charge in [-0.05, 0) is 42.5 Å². The highest BCUT2D eigenvalue weighted by molar-refractivity contribution is 5.66. The van der Waals surface area contributed by atoms with Gasteiger partial charge in [0.05, 0.1) is 5.69 Å². The van der Waals surface area contributed by atoms with Crippen LogP contribution in [0, 0.1) is 5.92 Å². The smallest absolute Gasteiger partial charge is 0.0533 e. The van der Waals surface area contributed by atoms with E-state index in [-0.39, 0.29) is 0 Å². The van der Waals surface area contributed by atoms with Crippen molar-refractivity contribution in [3.05, 3.63) is 43.0 Å². The van der Waals surface area contributed by atoms with Crippen molar-refractivity contribution in [1.82, 2.24) is 9.97 Å². The summed E-state index contributed by atoms with van der Waals surface area (Å²) in [5.41, 5.74) is 3.42. The summed E-state index contributed by atoms with van der Waals surface area (Å²) < 4.78 is 0. The largest absolute Gasteiger partial charge is 0.384 e. The summed E-state index contributed by atoms with van der Waals surface area (Å²) >= 11 is 0. The Hall–Kier alpha value is -1.90. The van der Waals surface area contributed by atoms with E-state index in [0.717, 1.165) is 29.3 Å². The van der Waals surface area contributed by atoms with Gasteiger partial charge in [-0.15, -0.1) is 0 Å². The number of aromatic nitrogens is 2. The van der Waals surface area contributed by atoms with Gasteiger partial charge in [0.25, 0.3) is 0 Å². The van der Waals surface area contributed by atoms with E-state index in [1.54, 1.807) is 0 Å². The van der Waals surface area contributed by atoms with Crippen molar-refractivity contribution in [2.45, 2.75) is 32.1 Å². The summed E-state index contributed by atoms with van der Waals surface area (Å²) in [7, 11) is 0. The molecular weight excluding hydrogens is 246 g/mol. The molecule has 1 aliphatic carbocycles. The second-order valence-electron chi connectivity index (χ2n) is 5.58. The van der Waals surface area contributed by atoms with Gasteiger partial charge in [0.2, 0.25) is 0 Å². The normalized spacial score (nSPS) is 16.0. The van der Waals surface area contributed by atoms with Gasteiger partial charge < -0.3 is 5.32 Å². The summed E-state index contributed by atoms with van der Waals surface area (Å²) in [5.74, 6) is 0.827. The highest BCUT2D eigenvalue weighted by Gasteiger charge is 2.12. The van der Waals surface area contributed by atoms with Gasteiger partial charge in [0.1, 0.15) is 0 Å². The molecule has 0 amide bonds. The summed E-state index contributed by atoms with van der Waals surface area (Å²) in [5, 5.41) is 3.55. The van der Waals surface area contributed by atoms with Crippen LogP contribution < -0.4 is 5.32 Å². The minimum Gasteiger partial charge on any atom is -0.384 e. The molecule has 0 spiro atoms. The van der Waals surface area contributed by atoms with Crippen molar-refractivity contribution >= 4 is 5.69 Å². The molecular formula is C17H21N3. The third-order valence-corrected chi connectivity index (χ3v) is 4.07. The van der Waals surface area contributed by atoms with E-state index < -0.39 is 0 Å². The second-order valence-corrected chi connectivity index (χ2v) is 5.58. The number of nitrogens with one attached hydrogen (secondary N) is 1. The standard InChI is InChI=1S/C17H21N3/c1-2-4-14(5-3-1)11-20-17-10-16(12-19-13-17)15-6-8-18-9-7-15/h6-10,12-14,20H,1-5,11H2. The molecule has 0 unspecified atom stereocenters. The lowest BCUT2D eigenvalue weighted by molar-refractivity contribution is 0.373. The van der Waals surface area contributed by atoms with Crippen LogP contribution in [0.25, 0.3) is 11.1 Å². The number of anilines is 1. The topological polar surface area (TPSA) is 37.8 Å². The zero-order valence-electron chi connectivity index (χ0n) is 11.8. The second kappa shape index (κ2) is 6.51. The first-order chi connectivity index (χ1) is 9.92. The van der Waals surface area contributed by atoms with Crippen LogP contribution in [0.15, 0.2) is 43.0 Å². The van der Waals surface area contributed by atoms with E-state index in [0.29, 0.717) is 0 Å². The Bertz CT molecular complexity index is 533. The van der Waals surface area contributed by atoms with Gasteiger partial charge in [-0.25, -0.2) is 0 Å². The predicted octanol–water partition coefficient (Wildman–Crippen LogP) is 4.14. The van der Waals surface area contributed by atoms with Crippen molar-refractivity contribution in [2.75, 3.05) is 11.9 Å². The Kier molecular flexibility index (Phi) is 4.26. The molecule has 104 valence electrons. The van der Waals surface area contributed by atoms with Crippen LogP contribution in [0.5, 0.6) is 0 Å². The maximum absolute atomic E-state index is 4.34. The molecule has 20 heavy (non-hydrogen) atoms. The van der Waals surface area contributed by atoms with E-state index in [9.17, 15) is 0 Å². The van der Waals surface area contributed by atoms with E-state index in [2.05, 4.69) is 21.4 Å². The predicted molar refractivity (Wildman–Crippen MR) is 82.5 cm³/mol. The maximum Gasteiger partial charge on any atom is 0.0533 e. The Labute approximate surface area is 120 Å². The Balaban J connectivity index is 1.65. The van der Waals surface area contributed by atoms with E-state index in [1.165, 1.54) is 32.1 Å². The maximum atomic E-state index is 4.34. The molecule has 3 heteroatoms. The lowest BCUT2D eigenvalue weighted by atomic mass is 9.89. The zero-order valence-corrected chi connectivity index (χ0v) is 11.8. The SMILES string of the molecule is c1cc(-c2cncc(NCC3CCCCC3)c2)ccn1. The minimum absolute atomic E-state index is 0.827. The Morgan fingerprint density at radius 2 is 1.75 bits per heavy atom. The highest BCUT2D eigenvalue weighted by Crippen LogP contribution is 2.25. The van der Waals surface area contributed by atoms with Crippen LogP contribution in [-0.4, -0.2) is 16.5 Å². The first-order valence-corrected chi connectivity index (χ1v) is 7.51. The summed E-state index contributed by atoms with van der Waals surface area (Å²) in [6, 6.07) is 6.20. The first-order valence-electron chi connectivity index (χ1n) is 7.51. The van der Waals surface area contributed by atoms with Crippen molar-refractivity contribution < 1.29 is 0 Å². The average molecular weight is 267 g/mol. The third kappa shape index (κ3) is 3.35. The lowest BCUT2D eigenvalue weighted by Crippen LogP contribution is -2.17. The van der Waals surface area contributed by atoms with E-state index in [4.69, 9.17) is 0 Å². The van der Waals surface area contributed by atoms with Gasteiger partial charge in [0, 0.05) is 36.9 Å². The van der Waals surface area contributed by atoms with Crippen LogP contribution >= 0.6 is 0 Å². The molecule has 3 rings (SSSR count). The molecule has 0 saturated heterocycles. The van der Waals surface area contributed by atoms with Crippen molar-refractivity contribution in [2.24, 2.45) is 5.92 Å². The molecule has 0 bridgehead atoms. The lowest BCUT2D eigenvalue weighted by Gasteiger charge is -2.22. The number of nitrogens with zero attached hydrogens (tertiary/aromatic N) is 2. The first kappa shape index (κ1) is 13.1. The molecule has 2 aromatic rings. The monoisotopic (exact) mass is 267 g/mol. The molecule has 0 radical (unpaired) electrons. The van der Waals surface area contributed by atoms with Crippen molar-refractivity contribution in [1.29, 1.82) is 0 Å². The highest BCUT2D eigenvalue weighted by atomic mass is 14.9. The Morgan fingerprint density at radius 1 is 0.950 bits per heavy atom. The van der Waals surface area contributed by atoms with E-state index in [1.807, 2.05) is 36.9 Å². The summed E-state index contributed by atoms with van der Waals surface area (Å²) in [6.07, 6.45) is 14.4. The van der Waals surface area contributed by atoms with Gasteiger partial charge in [-0.1, -0.05) is 19.3 Å². The summed E-state index contributed by atoms with van der Waals surface area (Å²) in [4.78, 5) is 8.40. The van der Waals surface area contributed by atoms with Crippen molar-refractivity contribution in [3.8, 4) is 11.1 Å². The number of rotatable bonds is 4. The molecule has 2 aromatic heterocycles. The number of hydrogen-bond donors (Lipinski definition) is 1. The molecule has 2 heterocycles. The van der Waals surface area contributed by atoms with Gasteiger partial charge in [-0.2, -0.15) is 0 Å². The molecule has 1 N–H and O–H groups in total. The molecule has 0 aliphatic heterocycles. The minimum atomic E-state index is 0.827. The fraction of sp³-hybridized carbons (Fsp3) is 0.412. The van der Waals surface area contributed by atoms with Gasteiger partial charge >= 0.3 is 0 Å². The molecule has 1 fully saturated rings. The van der Waals surface area contributed by atoms with E-state index >= 15 is 0 Å². The van der Waals surface area contributed by atoms with Crippen molar-refractivity contribution in [3.63, 3.8) is 0 Å². The molecule has 0 aromatic carbocycles. The third-order valence-electron chi connectivity index (χ3n) is 4.07. The molecule has 3 nitrogen and oxygen atoms in total. The van der Waals surface area contributed by atoms with Crippen LogP contribution in [0.1, 0.15) is 32.1 Å². The Morgan fingerprint density at radius 3 is 2.55 bits per heavy atom. The fourth-order valence-corrected chi connectivity index (χ4v) is 2.89. The van der Waals surface area contributed by atoms with Crippen LogP contribution in [-0.2, 0) is 0 Å². The average Bonchev–Trinajstić information content (AvgIpc) is 2.55. The summed E-state index contributed by atoms with van der Waals surface area (Å²) in [6.45, 7) is 1.07. The van der Waals surface area contributed by atoms with Crippen LogP contribution in [0.4, 0.5) is 5.69 Å². The molecule has 0 atom stereocenters. The van der Waals surface area contributed by atoms with Gasteiger partial charge in [-0.3, -0.25) is 9.97 Å². The molecule has 1 saturated carbocycles. The van der Waals surface area contributed by atoms with Gasteiger partial charge in [0.15, 0.2) is 0 Å². The zero-order chi connectivity index (χ0) is 13.6. The number of pyridine rings is 2. The number of hydrogen-bond acceptors (Lipinski definition) is 3. The fourth-order valence-electron chi connectivity index (χ4n) is 2.89. The molecule has 1 aliphatic rings. The quantitative estimate of drug-likeness (QED) is 0.904. The van der Waals surface area contributed by atoms with Crippen LogP contribution in [0.2, 0.25) is 0 Å². The van der Waals surface area contributed by atoms with Crippen LogP contribution in [0.3, 0.4) is 0 Å².